The number of rotatable bonds is 4. The maximum Gasteiger partial charge on any atom is 0.232 e. The monoisotopic (exact) mass is 335 g/mol. The number of aromatic nitrogens is 2. The van der Waals surface area contributed by atoms with E-state index < -0.39 is 0 Å². The van der Waals surface area contributed by atoms with Crippen LogP contribution in [0.15, 0.2) is 34.9 Å². The Hall–Kier alpha value is -2.15. The van der Waals surface area contributed by atoms with Crippen LogP contribution in [0.25, 0.3) is 0 Å². The first-order valence-corrected chi connectivity index (χ1v) is 6.57. The molecule has 1 aromatic carbocycles. The molecule has 0 unspecified atom stereocenters. The van der Waals surface area contributed by atoms with Gasteiger partial charge in [0.1, 0.15) is 5.84 Å². The predicted octanol–water partition coefficient (Wildman–Crippen LogP) is 2.30. The number of nitrogens with two attached hydrogens (primary N) is 1. The van der Waals surface area contributed by atoms with Crippen molar-refractivity contribution in [1.82, 2.24) is 9.97 Å². The van der Waals surface area contributed by atoms with Gasteiger partial charge in [0.25, 0.3) is 0 Å². The lowest BCUT2D eigenvalue weighted by Gasteiger charge is -2.18. The third kappa shape index (κ3) is 2.88. The Kier molecular flexibility index (Phi) is 4.19. The Labute approximate surface area is 125 Å². The fourth-order valence-corrected chi connectivity index (χ4v) is 2.00. The number of hydrogen-bond donors (Lipinski definition) is 2. The predicted molar refractivity (Wildman–Crippen MR) is 81.8 cm³/mol. The number of ether oxygens (including phenoxy) is 1. The first-order chi connectivity index (χ1) is 9.52. The molecule has 0 amide bonds. The van der Waals surface area contributed by atoms with E-state index in [1.165, 1.54) is 0 Å². The van der Waals surface area contributed by atoms with E-state index in [9.17, 15) is 0 Å². The zero-order valence-electron chi connectivity index (χ0n) is 11.1. The molecular weight excluding hydrogens is 322 g/mol. The molecule has 7 heteroatoms. The van der Waals surface area contributed by atoms with Crippen molar-refractivity contribution in [3.63, 3.8) is 0 Å². The van der Waals surface area contributed by atoms with E-state index in [1.807, 2.05) is 19.2 Å². The minimum atomic E-state index is 0.0227. The average molecular weight is 336 g/mol. The Morgan fingerprint density at radius 3 is 2.85 bits per heavy atom. The highest BCUT2D eigenvalue weighted by atomic mass is 79.9. The van der Waals surface area contributed by atoms with Crippen molar-refractivity contribution in [2.75, 3.05) is 19.1 Å². The molecule has 3 N–H and O–H groups in total. The van der Waals surface area contributed by atoms with E-state index in [-0.39, 0.29) is 5.84 Å². The van der Waals surface area contributed by atoms with Gasteiger partial charge in [0.2, 0.25) is 11.8 Å². The number of nitrogen functional groups attached to an aromatic ring is 1. The molecule has 6 nitrogen and oxygen atoms in total. The summed E-state index contributed by atoms with van der Waals surface area (Å²) in [6.45, 7) is 0. The highest BCUT2D eigenvalue weighted by molar-refractivity contribution is 9.10. The van der Waals surface area contributed by atoms with E-state index in [1.54, 1.807) is 30.3 Å². The molecule has 2 rings (SSSR count). The van der Waals surface area contributed by atoms with Gasteiger partial charge >= 0.3 is 0 Å². The van der Waals surface area contributed by atoms with E-state index in [4.69, 9.17) is 15.9 Å². The van der Waals surface area contributed by atoms with Crippen molar-refractivity contribution in [1.29, 1.82) is 5.41 Å². The molecule has 1 aromatic heterocycles. The molecule has 0 aliphatic heterocycles. The summed E-state index contributed by atoms with van der Waals surface area (Å²) in [5, 5.41) is 7.47. The molecule has 0 fully saturated rings. The number of nitrogens with one attached hydrogen (secondary N) is 1. The van der Waals surface area contributed by atoms with E-state index in [0.29, 0.717) is 21.9 Å². The summed E-state index contributed by atoms with van der Waals surface area (Å²) in [5.41, 5.74) is 6.98. The van der Waals surface area contributed by atoms with Crippen LogP contribution in [0, 0.1) is 5.41 Å². The highest BCUT2D eigenvalue weighted by Crippen LogP contribution is 2.26. The van der Waals surface area contributed by atoms with E-state index in [2.05, 4.69) is 25.9 Å². The quantitative estimate of drug-likeness (QED) is 0.661. The fraction of sp³-hybridized carbons (Fsp3) is 0.154. The van der Waals surface area contributed by atoms with Gasteiger partial charge in [-0.15, -0.1) is 0 Å². The minimum absolute atomic E-state index is 0.0227. The molecular formula is C13H14BrN5O. The zero-order valence-corrected chi connectivity index (χ0v) is 12.7. The molecule has 0 aliphatic carbocycles. The zero-order chi connectivity index (χ0) is 14.7. The third-order valence-electron chi connectivity index (χ3n) is 2.74. The molecule has 104 valence electrons. The lowest BCUT2D eigenvalue weighted by atomic mass is 10.2. The van der Waals surface area contributed by atoms with Crippen LogP contribution >= 0.6 is 15.9 Å². The number of anilines is 2. The van der Waals surface area contributed by atoms with Gasteiger partial charge in [-0.3, -0.25) is 5.41 Å². The van der Waals surface area contributed by atoms with Crippen LogP contribution in [0.5, 0.6) is 5.88 Å². The standard InChI is InChI=1S/C13H14BrN5O/c1-19(9-5-3-4-8(6-9)11(15)16)13-17-7-10(14)12(18-13)20-2/h3-7H,1-2H3,(H3,15,16). The molecule has 1 heterocycles. The van der Waals surface area contributed by atoms with Gasteiger partial charge in [0.15, 0.2) is 0 Å². The lowest BCUT2D eigenvalue weighted by Crippen LogP contribution is -2.16. The van der Waals surface area contributed by atoms with Crippen molar-refractivity contribution in [2.24, 2.45) is 5.73 Å². The Morgan fingerprint density at radius 1 is 1.45 bits per heavy atom. The topological polar surface area (TPSA) is 88.1 Å². The molecule has 0 saturated carbocycles. The van der Waals surface area contributed by atoms with Crippen LogP contribution in [0.3, 0.4) is 0 Å². The number of hydrogen-bond acceptors (Lipinski definition) is 5. The maximum absolute atomic E-state index is 7.47. The van der Waals surface area contributed by atoms with Gasteiger partial charge in [-0.2, -0.15) is 4.98 Å². The van der Waals surface area contributed by atoms with Crippen molar-refractivity contribution in [3.8, 4) is 5.88 Å². The first kappa shape index (κ1) is 14.3. The van der Waals surface area contributed by atoms with Crippen molar-refractivity contribution >= 4 is 33.4 Å². The van der Waals surface area contributed by atoms with Gasteiger partial charge in [-0.25, -0.2) is 4.98 Å². The number of amidine groups is 1. The van der Waals surface area contributed by atoms with Crippen molar-refractivity contribution < 1.29 is 4.74 Å². The summed E-state index contributed by atoms with van der Waals surface area (Å²) in [6, 6.07) is 7.31. The second kappa shape index (κ2) is 5.87. The van der Waals surface area contributed by atoms with Crippen LogP contribution in [0.1, 0.15) is 5.56 Å². The summed E-state index contributed by atoms with van der Waals surface area (Å²) in [5.74, 6) is 0.977. The molecule has 0 atom stereocenters. The van der Waals surface area contributed by atoms with Crippen LogP contribution in [0.2, 0.25) is 0 Å². The molecule has 0 bridgehead atoms. The summed E-state index contributed by atoms with van der Waals surface area (Å²) in [6.07, 6.45) is 1.63. The molecule has 0 radical (unpaired) electrons. The highest BCUT2D eigenvalue weighted by Gasteiger charge is 2.11. The number of halogens is 1. The number of methoxy groups -OCH3 is 1. The molecule has 2 aromatic rings. The van der Waals surface area contributed by atoms with Gasteiger partial charge in [-0.1, -0.05) is 12.1 Å². The summed E-state index contributed by atoms with van der Waals surface area (Å²) >= 11 is 3.31. The number of benzene rings is 1. The lowest BCUT2D eigenvalue weighted by molar-refractivity contribution is 0.394. The van der Waals surface area contributed by atoms with Crippen LogP contribution < -0.4 is 15.4 Å². The van der Waals surface area contributed by atoms with Crippen LogP contribution in [0.4, 0.5) is 11.6 Å². The minimum Gasteiger partial charge on any atom is -0.480 e. The normalized spacial score (nSPS) is 10.2. The Bertz CT molecular complexity index is 646. The van der Waals surface area contributed by atoms with E-state index in [0.717, 1.165) is 5.69 Å². The smallest absolute Gasteiger partial charge is 0.232 e. The molecule has 20 heavy (non-hydrogen) atoms. The first-order valence-electron chi connectivity index (χ1n) is 5.77. The summed E-state index contributed by atoms with van der Waals surface area (Å²) in [7, 11) is 3.38. The fourth-order valence-electron chi connectivity index (χ4n) is 1.65. The number of nitrogens with zero attached hydrogens (tertiary/aromatic N) is 3. The maximum atomic E-state index is 7.47. The molecule has 0 saturated heterocycles. The van der Waals surface area contributed by atoms with Crippen molar-refractivity contribution in [3.05, 3.63) is 40.5 Å². The molecule has 0 aliphatic rings. The van der Waals surface area contributed by atoms with Gasteiger partial charge in [-0.05, 0) is 28.1 Å². The van der Waals surface area contributed by atoms with Gasteiger partial charge in [0.05, 0.1) is 17.8 Å². The van der Waals surface area contributed by atoms with Crippen LogP contribution in [-0.4, -0.2) is 30.0 Å². The van der Waals surface area contributed by atoms with Gasteiger partial charge < -0.3 is 15.4 Å². The van der Waals surface area contributed by atoms with E-state index >= 15 is 0 Å². The SMILES string of the molecule is COc1nc(N(C)c2cccc(C(=N)N)c2)ncc1Br. The second-order valence-electron chi connectivity index (χ2n) is 4.05. The largest absolute Gasteiger partial charge is 0.480 e. The third-order valence-corrected chi connectivity index (χ3v) is 3.28. The van der Waals surface area contributed by atoms with Gasteiger partial charge in [0, 0.05) is 18.3 Å². The van der Waals surface area contributed by atoms with Crippen LogP contribution in [-0.2, 0) is 0 Å². The Balaban J connectivity index is 2.38. The Morgan fingerprint density at radius 2 is 2.20 bits per heavy atom. The second-order valence-corrected chi connectivity index (χ2v) is 4.90. The summed E-state index contributed by atoms with van der Waals surface area (Å²) < 4.78 is 5.84. The molecule has 0 spiro atoms. The average Bonchev–Trinajstić information content (AvgIpc) is 2.47. The van der Waals surface area contributed by atoms with Crippen molar-refractivity contribution in [2.45, 2.75) is 0 Å². The summed E-state index contributed by atoms with van der Waals surface area (Å²) in [4.78, 5) is 10.3.